The molecule has 3 aromatic carbocycles. The molecule has 0 heterocycles. The largest absolute Gasteiger partial charge is 0.478 e. The van der Waals surface area contributed by atoms with E-state index >= 15 is 0 Å². The van der Waals surface area contributed by atoms with Crippen molar-refractivity contribution in [2.75, 3.05) is 11.9 Å². The van der Waals surface area contributed by atoms with Gasteiger partial charge in [0.2, 0.25) is 0 Å². The van der Waals surface area contributed by atoms with Gasteiger partial charge in [-0.15, -0.1) is 0 Å². The van der Waals surface area contributed by atoms with E-state index in [0.717, 1.165) is 6.42 Å². The Morgan fingerprint density at radius 2 is 1.31 bits per heavy atom. The molecule has 0 aliphatic carbocycles. The molecule has 0 atom stereocenters. The highest BCUT2D eigenvalue weighted by atomic mass is 16.4. The Hall–Kier alpha value is -3.40. The predicted molar refractivity (Wildman–Crippen MR) is 102 cm³/mol. The molecule has 0 aliphatic heterocycles. The van der Waals surface area contributed by atoms with Crippen LogP contribution in [0.5, 0.6) is 0 Å². The molecular weight excluding hydrogens is 326 g/mol. The Labute approximate surface area is 152 Å². The fourth-order valence-electron chi connectivity index (χ4n) is 2.83. The average molecular weight is 345 g/mol. The fraction of sp³-hybridized carbons (Fsp3) is 0.0909. The van der Waals surface area contributed by atoms with Gasteiger partial charge in [-0.2, -0.15) is 0 Å². The van der Waals surface area contributed by atoms with E-state index in [9.17, 15) is 14.7 Å². The van der Waals surface area contributed by atoms with Crippen LogP contribution in [0.3, 0.4) is 0 Å². The number of carbonyl (C=O) groups is 2. The maximum absolute atomic E-state index is 12.9. The Balaban J connectivity index is 1.81. The van der Waals surface area contributed by atoms with Crippen LogP contribution in [-0.2, 0) is 6.42 Å². The van der Waals surface area contributed by atoms with Crippen LogP contribution in [0.1, 0.15) is 31.8 Å². The zero-order valence-corrected chi connectivity index (χ0v) is 14.2. The number of benzene rings is 3. The maximum atomic E-state index is 12.9. The summed E-state index contributed by atoms with van der Waals surface area (Å²) in [4.78, 5) is 24.3. The molecular formula is C22H19NO3. The first-order chi connectivity index (χ1) is 12.7. The molecule has 0 saturated heterocycles. The molecule has 0 amide bonds. The number of hydrogen-bond acceptors (Lipinski definition) is 3. The molecule has 4 heteroatoms. The minimum Gasteiger partial charge on any atom is -0.478 e. The van der Waals surface area contributed by atoms with Crippen molar-refractivity contribution in [2.45, 2.75) is 6.42 Å². The van der Waals surface area contributed by atoms with Crippen molar-refractivity contribution in [2.24, 2.45) is 0 Å². The third-order valence-corrected chi connectivity index (χ3v) is 4.15. The number of carboxylic acids is 1. The standard InChI is InChI=1S/C22H19NO3/c24-21(17-10-4-5-11-18(17)22(25)26)19-12-6-7-13-20(19)23-15-14-16-8-2-1-3-9-16/h1-13,23H,14-15H2,(H,25,26). The van der Waals surface area contributed by atoms with Crippen molar-refractivity contribution in [1.29, 1.82) is 0 Å². The molecule has 3 rings (SSSR count). The van der Waals surface area contributed by atoms with Crippen molar-refractivity contribution in [3.63, 3.8) is 0 Å². The zero-order chi connectivity index (χ0) is 18.4. The van der Waals surface area contributed by atoms with Crippen molar-refractivity contribution < 1.29 is 14.7 Å². The van der Waals surface area contributed by atoms with Crippen LogP contribution in [-0.4, -0.2) is 23.4 Å². The number of rotatable bonds is 7. The minimum absolute atomic E-state index is 0.0107. The first kappa shape index (κ1) is 17.4. The predicted octanol–water partition coefficient (Wildman–Crippen LogP) is 4.27. The molecule has 0 radical (unpaired) electrons. The highest BCUT2D eigenvalue weighted by Gasteiger charge is 2.19. The number of carboxylic acid groups (broad SMARTS) is 1. The van der Waals surface area contributed by atoms with Crippen molar-refractivity contribution in [1.82, 2.24) is 0 Å². The van der Waals surface area contributed by atoms with Gasteiger partial charge < -0.3 is 10.4 Å². The fourth-order valence-corrected chi connectivity index (χ4v) is 2.83. The number of aromatic carboxylic acids is 1. The molecule has 0 saturated carbocycles. The summed E-state index contributed by atoms with van der Waals surface area (Å²) < 4.78 is 0. The van der Waals surface area contributed by atoms with Gasteiger partial charge in [-0.05, 0) is 30.2 Å². The van der Waals surface area contributed by atoms with Crippen LogP contribution < -0.4 is 5.32 Å². The number of ketones is 1. The van der Waals surface area contributed by atoms with Crippen molar-refractivity contribution in [3.05, 3.63) is 101 Å². The summed E-state index contributed by atoms with van der Waals surface area (Å²) in [6.45, 7) is 0.675. The quantitative estimate of drug-likeness (QED) is 0.628. The monoisotopic (exact) mass is 345 g/mol. The molecule has 130 valence electrons. The normalized spacial score (nSPS) is 10.3. The smallest absolute Gasteiger partial charge is 0.336 e. The van der Waals surface area contributed by atoms with Crippen LogP contribution in [0.25, 0.3) is 0 Å². The first-order valence-electron chi connectivity index (χ1n) is 8.40. The van der Waals surface area contributed by atoms with E-state index in [4.69, 9.17) is 0 Å². The zero-order valence-electron chi connectivity index (χ0n) is 14.2. The van der Waals surface area contributed by atoms with Gasteiger partial charge in [0, 0.05) is 23.4 Å². The van der Waals surface area contributed by atoms with Gasteiger partial charge in [-0.1, -0.05) is 60.7 Å². The topological polar surface area (TPSA) is 66.4 Å². The highest BCUT2D eigenvalue weighted by molar-refractivity contribution is 6.16. The second-order valence-corrected chi connectivity index (χ2v) is 5.89. The third kappa shape index (κ3) is 3.98. The molecule has 0 bridgehead atoms. The SMILES string of the molecule is O=C(O)c1ccccc1C(=O)c1ccccc1NCCc1ccccc1. The lowest BCUT2D eigenvalue weighted by Gasteiger charge is -2.12. The highest BCUT2D eigenvalue weighted by Crippen LogP contribution is 2.21. The lowest BCUT2D eigenvalue weighted by atomic mass is 9.97. The van der Waals surface area contributed by atoms with Gasteiger partial charge in [0.05, 0.1) is 5.56 Å². The van der Waals surface area contributed by atoms with E-state index < -0.39 is 5.97 Å². The number of nitrogens with one attached hydrogen (secondary N) is 1. The molecule has 0 spiro atoms. The van der Waals surface area contributed by atoms with Crippen LogP contribution in [0.15, 0.2) is 78.9 Å². The van der Waals surface area contributed by atoms with E-state index in [1.807, 2.05) is 30.3 Å². The summed E-state index contributed by atoms with van der Waals surface area (Å²) in [7, 11) is 0. The summed E-state index contributed by atoms with van der Waals surface area (Å²) in [5.74, 6) is -1.41. The molecule has 0 aliphatic rings. The van der Waals surface area contributed by atoms with Gasteiger partial charge in [0.15, 0.2) is 5.78 Å². The minimum atomic E-state index is -1.11. The van der Waals surface area contributed by atoms with Gasteiger partial charge in [0.25, 0.3) is 0 Å². The molecule has 4 nitrogen and oxygen atoms in total. The Kier molecular flexibility index (Phi) is 5.44. The molecule has 0 unspecified atom stereocenters. The molecule has 2 N–H and O–H groups in total. The molecule has 3 aromatic rings. The van der Waals surface area contributed by atoms with Crippen LogP contribution in [0.4, 0.5) is 5.69 Å². The average Bonchev–Trinajstić information content (AvgIpc) is 2.68. The number of hydrogen-bond donors (Lipinski definition) is 2. The number of anilines is 1. The molecule has 0 aromatic heterocycles. The Morgan fingerprint density at radius 3 is 2.00 bits per heavy atom. The van der Waals surface area contributed by atoms with E-state index in [0.29, 0.717) is 17.8 Å². The first-order valence-corrected chi connectivity index (χ1v) is 8.40. The second kappa shape index (κ2) is 8.12. The van der Waals surface area contributed by atoms with Crippen molar-refractivity contribution in [3.8, 4) is 0 Å². The Morgan fingerprint density at radius 1 is 0.731 bits per heavy atom. The summed E-state index contributed by atoms with van der Waals surface area (Å²) in [6, 6.07) is 23.5. The number of carbonyl (C=O) groups excluding carboxylic acids is 1. The van der Waals surface area contributed by atoms with Gasteiger partial charge in [-0.25, -0.2) is 4.79 Å². The van der Waals surface area contributed by atoms with E-state index in [2.05, 4.69) is 17.4 Å². The van der Waals surface area contributed by atoms with Crippen molar-refractivity contribution >= 4 is 17.4 Å². The summed E-state index contributed by atoms with van der Waals surface area (Å²) in [5.41, 5.74) is 2.58. The lowest BCUT2D eigenvalue weighted by molar-refractivity contribution is 0.0693. The second-order valence-electron chi connectivity index (χ2n) is 5.89. The van der Waals surface area contributed by atoms with Crippen LogP contribution >= 0.6 is 0 Å². The van der Waals surface area contributed by atoms with Gasteiger partial charge in [-0.3, -0.25) is 4.79 Å². The third-order valence-electron chi connectivity index (χ3n) is 4.15. The van der Waals surface area contributed by atoms with Crippen LogP contribution in [0.2, 0.25) is 0 Å². The maximum Gasteiger partial charge on any atom is 0.336 e. The lowest BCUT2D eigenvalue weighted by Crippen LogP contribution is -2.13. The van der Waals surface area contributed by atoms with E-state index in [1.54, 1.807) is 30.3 Å². The number of para-hydroxylation sites is 1. The van der Waals surface area contributed by atoms with E-state index in [-0.39, 0.29) is 16.9 Å². The summed E-state index contributed by atoms with van der Waals surface area (Å²) in [6.07, 6.45) is 0.828. The van der Waals surface area contributed by atoms with Crippen LogP contribution in [0, 0.1) is 0 Å². The summed E-state index contributed by atoms with van der Waals surface area (Å²) >= 11 is 0. The van der Waals surface area contributed by atoms with Gasteiger partial charge in [0.1, 0.15) is 0 Å². The van der Waals surface area contributed by atoms with Gasteiger partial charge >= 0.3 is 5.97 Å². The molecule has 26 heavy (non-hydrogen) atoms. The Bertz CT molecular complexity index is 919. The van der Waals surface area contributed by atoms with E-state index in [1.165, 1.54) is 11.6 Å². The molecule has 0 fully saturated rings. The summed E-state index contributed by atoms with van der Waals surface area (Å²) in [5, 5.41) is 12.6.